The summed E-state index contributed by atoms with van der Waals surface area (Å²) in [5.41, 5.74) is 0.694. The number of thioether (sulfide) groups is 1. The first-order valence-corrected chi connectivity index (χ1v) is 8.73. The molecule has 0 aliphatic heterocycles. The van der Waals surface area contributed by atoms with E-state index in [9.17, 15) is 4.79 Å². The second-order valence-corrected chi connectivity index (χ2v) is 6.34. The third-order valence-corrected chi connectivity index (χ3v) is 4.48. The summed E-state index contributed by atoms with van der Waals surface area (Å²) in [6.45, 7) is 4.43. The number of aromatic nitrogens is 3. The lowest BCUT2D eigenvalue weighted by atomic mass is 10.3. The summed E-state index contributed by atoms with van der Waals surface area (Å²) in [5.74, 6) is 1.82. The van der Waals surface area contributed by atoms with Gasteiger partial charge in [0.2, 0.25) is 5.91 Å². The zero-order valence-electron chi connectivity index (χ0n) is 13.3. The Balaban J connectivity index is 1.60. The Bertz CT molecular complexity index is 697. The average molecular weight is 332 g/mol. The average Bonchev–Trinajstić information content (AvgIpc) is 3.31. The zero-order valence-corrected chi connectivity index (χ0v) is 14.1. The molecule has 3 rings (SSSR count). The normalized spacial score (nSPS) is 13.8. The molecule has 1 aliphatic carbocycles. The van der Waals surface area contributed by atoms with Crippen LogP contribution in [0.25, 0.3) is 0 Å². The van der Waals surface area contributed by atoms with Crippen molar-refractivity contribution in [1.29, 1.82) is 0 Å². The molecular formula is C16H20N4O2S. The first-order valence-electron chi connectivity index (χ1n) is 7.75. The minimum atomic E-state index is -0.0786. The second kappa shape index (κ2) is 7.04. The maximum Gasteiger partial charge on any atom is 0.234 e. The van der Waals surface area contributed by atoms with Crippen molar-refractivity contribution in [2.75, 3.05) is 17.7 Å². The van der Waals surface area contributed by atoms with Crippen molar-refractivity contribution < 1.29 is 9.53 Å². The van der Waals surface area contributed by atoms with Gasteiger partial charge in [0, 0.05) is 6.04 Å². The van der Waals surface area contributed by atoms with Crippen LogP contribution in [0.2, 0.25) is 0 Å². The molecule has 1 aromatic carbocycles. The van der Waals surface area contributed by atoms with E-state index in [1.54, 1.807) is 0 Å². The van der Waals surface area contributed by atoms with Gasteiger partial charge in [-0.3, -0.25) is 4.79 Å². The smallest absolute Gasteiger partial charge is 0.234 e. The maximum absolute atomic E-state index is 12.2. The van der Waals surface area contributed by atoms with Crippen molar-refractivity contribution in [2.45, 2.75) is 37.9 Å². The number of anilines is 1. The van der Waals surface area contributed by atoms with E-state index in [2.05, 4.69) is 20.1 Å². The van der Waals surface area contributed by atoms with E-state index in [-0.39, 0.29) is 5.91 Å². The molecule has 1 amide bonds. The van der Waals surface area contributed by atoms with Gasteiger partial charge in [0.25, 0.3) is 0 Å². The van der Waals surface area contributed by atoms with Crippen molar-refractivity contribution in [3.05, 3.63) is 30.1 Å². The minimum Gasteiger partial charge on any atom is -0.492 e. The number of nitrogens with zero attached hydrogens (tertiary/aromatic N) is 3. The predicted octanol–water partition coefficient (Wildman–Crippen LogP) is 3.05. The number of amides is 1. The first kappa shape index (κ1) is 15.9. The van der Waals surface area contributed by atoms with Gasteiger partial charge in [0.15, 0.2) is 5.16 Å². The molecule has 1 fully saturated rings. The van der Waals surface area contributed by atoms with Gasteiger partial charge in [-0.05, 0) is 38.8 Å². The fourth-order valence-electron chi connectivity index (χ4n) is 2.37. The maximum atomic E-state index is 12.2. The molecule has 0 spiro atoms. The second-order valence-electron chi connectivity index (χ2n) is 5.40. The molecule has 1 aliphatic rings. The van der Waals surface area contributed by atoms with Gasteiger partial charge >= 0.3 is 0 Å². The Morgan fingerprint density at radius 3 is 2.91 bits per heavy atom. The van der Waals surface area contributed by atoms with Crippen molar-refractivity contribution in [2.24, 2.45) is 0 Å². The standard InChI is InChI=1S/C16H20N4O2S/c1-3-22-14-7-5-4-6-13(14)17-15(21)10-23-16-19-18-11(2)20(16)12-8-9-12/h4-7,12H,3,8-10H2,1-2H3,(H,17,21). The Kier molecular flexibility index (Phi) is 4.85. The number of para-hydroxylation sites is 2. The van der Waals surface area contributed by atoms with E-state index in [1.165, 1.54) is 24.6 Å². The van der Waals surface area contributed by atoms with E-state index >= 15 is 0 Å². The highest BCUT2D eigenvalue weighted by molar-refractivity contribution is 7.99. The Hall–Kier alpha value is -2.02. The first-order chi connectivity index (χ1) is 11.2. The van der Waals surface area contributed by atoms with Gasteiger partial charge < -0.3 is 14.6 Å². The lowest BCUT2D eigenvalue weighted by Crippen LogP contribution is -2.15. The molecule has 0 radical (unpaired) electrons. The number of rotatable bonds is 7. The highest BCUT2D eigenvalue weighted by Gasteiger charge is 2.28. The fraction of sp³-hybridized carbons (Fsp3) is 0.438. The predicted molar refractivity (Wildman–Crippen MR) is 90.0 cm³/mol. The highest BCUT2D eigenvalue weighted by atomic mass is 32.2. The van der Waals surface area contributed by atoms with Crippen LogP contribution in [-0.2, 0) is 4.79 Å². The number of ether oxygens (including phenoxy) is 1. The number of carbonyl (C=O) groups is 1. The lowest BCUT2D eigenvalue weighted by molar-refractivity contribution is -0.113. The van der Waals surface area contributed by atoms with Crippen LogP contribution in [0.4, 0.5) is 5.69 Å². The van der Waals surface area contributed by atoms with Crippen LogP contribution < -0.4 is 10.1 Å². The van der Waals surface area contributed by atoms with Crippen molar-refractivity contribution in [3.8, 4) is 5.75 Å². The molecule has 0 atom stereocenters. The molecule has 2 aromatic rings. The molecular weight excluding hydrogens is 312 g/mol. The van der Waals surface area contributed by atoms with Gasteiger partial charge in [-0.15, -0.1) is 10.2 Å². The molecule has 0 saturated heterocycles. The van der Waals surface area contributed by atoms with Crippen molar-refractivity contribution in [1.82, 2.24) is 14.8 Å². The monoisotopic (exact) mass is 332 g/mol. The van der Waals surface area contributed by atoms with Gasteiger partial charge in [-0.1, -0.05) is 23.9 Å². The van der Waals surface area contributed by atoms with E-state index in [0.717, 1.165) is 11.0 Å². The minimum absolute atomic E-state index is 0.0786. The largest absolute Gasteiger partial charge is 0.492 e. The van der Waals surface area contributed by atoms with Crippen LogP contribution in [-0.4, -0.2) is 33.0 Å². The zero-order chi connectivity index (χ0) is 16.2. The Morgan fingerprint density at radius 1 is 1.39 bits per heavy atom. The van der Waals surface area contributed by atoms with Crippen LogP contribution in [0.15, 0.2) is 29.4 Å². The van der Waals surface area contributed by atoms with E-state index in [4.69, 9.17) is 4.74 Å². The molecule has 1 aromatic heterocycles. The number of hydrogen-bond donors (Lipinski definition) is 1. The summed E-state index contributed by atoms with van der Waals surface area (Å²) in [5, 5.41) is 12.0. The Labute approximate surface area is 139 Å². The molecule has 1 N–H and O–H groups in total. The number of carbonyl (C=O) groups excluding carboxylic acids is 1. The summed E-state index contributed by atoms with van der Waals surface area (Å²) >= 11 is 1.42. The lowest BCUT2D eigenvalue weighted by Gasteiger charge is -2.11. The van der Waals surface area contributed by atoms with Gasteiger partial charge in [0.05, 0.1) is 18.0 Å². The van der Waals surface area contributed by atoms with Crippen LogP contribution in [0.5, 0.6) is 5.75 Å². The van der Waals surface area contributed by atoms with E-state index in [1.807, 2.05) is 38.1 Å². The molecule has 0 unspecified atom stereocenters. The number of aryl methyl sites for hydroxylation is 1. The van der Waals surface area contributed by atoms with Crippen LogP contribution >= 0.6 is 11.8 Å². The van der Waals surface area contributed by atoms with Gasteiger partial charge in [-0.25, -0.2) is 0 Å². The van der Waals surface area contributed by atoms with Crippen LogP contribution in [0.3, 0.4) is 0 Å². The quantitative estimate of drug-likeness (QED) is 0.789. The molecule has 1 saturated carbocycles. The van der Waals surface area contributed by atoms with Gasteiger partial charge in [0.1, 0.15) is 11.6 Å². The third kappa shape index (κ3) is 3.85. The molecule has 1 heterocycles. The van der Waals surface area contributed by atoms with Crippen LogP contribution in [0, 0.1) is 6.92 Å². The summed E-state index contributed by atoms with van der Waals surface area (Å²) in [6, 6.07) is 7.95. The fourth-order valence-corrected chi connectivity index (χ4v) is 3.22. The third-order valence-electron chi connectivity index (χ3n) is 3.54. The molecule has 0 bridgehead atoms. The summed E-state index contributed by atoms with van der Waals surface area (Å²) in [4.78, 5) is 12.2. The highest BCUT2D eigenvalue weighted by Crippen LogP contribution is 2.38. The number of benzene rings is 1. The summed E-state index contributed by atoms with van der Waals surface area (Å²) in [7, 11) is 0. The van der Waals surface area contributed by atoms with E-state index in [0.29, 0.717) is 29.8 Å². The van der Waals surface area contributed by atoms with E-state index < -0.39 is 0 Å². The topological polar surface area (TPSA) is 69.0 Å². The molecule has 122 valence electrons. The number of nitrogens with one attached hydrogen (secondary N) is 1. The van der Waals surface area contributed by atoms with Crippen molar-refractivity contribution in [3.63, 3.8) is 0 Å². The summed E-state index contributed by atoms with van der Waals surface area (Å²) in [6.07, 6.45) is 2.33. The molecule has 6 nitrogen and oxygen atoms in total. The Morgan fingerprint density at radius 2 is 2.17 bits per heavy atom. The summed E-state index contributed by atoms with van der Waals surface area (Å²) < 4.78 is 7.65. The van der Waals surface area contributed by atoms with Crippen LogP contribution in [0.1, 0.15) is 31.6 Å². The van der Waals surface area contributed by atoms with Gasteiger partial charge in [-0.2, -0.15) is 0 Å². The molecule has 7 heteroatoms. The SMILES string of the molecule is CCOc1ccccc1NC(=O)CSc1nnc(C)n1C1CC1. The number of hydrogen-bond acceptors (Lipinski definition) is 5. The molecule has 23 heavy (non-hydrogen) atoms. The van der Waals surface area contributed by atoms with Crippen molar-refractivity contribution >= 4 is 23.4 Å².